The molecule has 2 aromatic rings. The van der Waals surface area contributed by atoms with E-state index in [-0.39, 0.29) is 0 Å². The van der Waals surface area contributed by atoms with Crippen molar-refractivity contribution in [3.05, 3.63) is 70.3 Å². The molecule has 0 aliphatic heterocycles. The highest BCUT2D eigenvalue weighted by Gasteiger charge is 2.23. The molecule has 1 atom stereocenters. The van der Waals surface area contributed by atoms with E-state index in [1.165, 1.54) is 22.3 Å². The van der Waals surface area contributed by atoms with Crippen LogP contribution >= 0.6 is 0 Å². The first-order valence-electron chi connectivity index (χ1n) is 6.74. The molecular formula is C18H22O. The van der Waals surface area contributed by atoms with Gasteiger partial charge in [0.05, 0.1) is 5.60 Å². The van der Waals surface area contributed by atoms with Gasteiger partial charge in [-0.3, -0.25) is 0 Å². The van der Waals surface area contributed by atoms with Crippen molar-refractivity contribution in [1.82, 2.24) is 0 Å². The maximum absolute atomic E-state index is 10.7. The van der Waals surface area contributed by atoms with E-state index in [0.717, 1.165) is 5.56 Å². The molecule has 0 aliphatic rings. The van der Waals surface area contributed by atoms with Crippen LogP contribution in [0.2, 0.25) is 0 Å². The van der Waals surface area contributed by atoms with Crippen molar-refractivity contribution in [1.29, 1.82) is 0 Å². The Hall–Kier alpha value is -1.60. The predicted molar refractivity (Wildman–Crippen MR) is 80.4 cm³/mol. The molecule has 100 valence electrons. The standard InChI is InChI=1S/C18H22O/c1-13-5-9-17(10-6-13)18(4,19)12-16-8-7-14(2)15(3)11-16/h5-11,19H,12H2,1-4H3. The summed E-state index contributed by atoms with van der Waals surface area (Å²) in [5.41, 5.74) is 5.10. The summed E-state index contributed by atoms with van der Waals surface area (Å²) in [6, 6.07) is 14.5. The lowest BCUT2D eigenvalue weighted by molar-refractivity contribution is 0.0576. The Morgan fingerprint density at radius 1 is 0.895 bits per heavy atom. The van der Waals surface area contributed by atoms with Crippen LogP contribution in [0.1, 0.15) is 34.7 Å². The Kier molecular flexibility index (Phi) is 3.77. The second-order valence-electron chi connectivity index (χ2n) is 5.74. The zero-order valence-corrected chi connectivity index (χ0v) is 12.2. The molecule has 0 saturated carbocycles. The second-order valence-corrected chi connectivity index (χ2v) is 5.74. The molecule has 19 heavy (non-hydrogen) atoms. The van der Waals surface area contributed by atoms with Gasteiger partial charge in [-0.15, -0.1) is 0 Å². The quantitative estimate of drug-likeness (QED) is 0.875. The average molecular weight is 254 g/mol. The normalized spacial score (nSPS) is 14.2. The van der Waals surface area contributed by atoms with Gasteiger partial charge >= 0.3 is 0 Å². The smallest absolute Gasteiger partial charge is 0.0908 e. The van der Waals surface area contributed by atoms with E-state index >= 15 is 0 Å². The summed E-state index contributed by atoms with van der Waals surface area (Å²) in [5, 5.41) is 10.7. The molecule has 1 heteroatoms. The summed E-state index contributed by atoms with van der Waals surface area (Å²) in [7, 11) is 0. The Labute approximate surface area is 115 Å². The third kappa shape index (κ3) is 3.24. The second kappa shape index (κ2) is 5.18. The Morgan fingerprint density at radius 2 is 1.53 bits per heavy atom. The molecule has 0 radical (unpaired) electrons. The highest BCUT2D eigenvalue weighted by molar-refractivity contribution is 5.33. The largest absolute Gasteiger partial charge is 0.385 e. The highest BCUT2D eigenvalue weighted by atomic mass is 16.3. The maximum atomic E-state index is 10.7. The van der Waals surface area contributed by atoms with Gasteiger partial charge in [-0.05, 0) is 49.9 Å². The monoisotopic (exact) mass is 254 g/mol. The number of benzene rings is 2. The maximum Gasteiger partial charge on any atom is 0.0908 e. The van der Waals surface area contributed by atoms with Gasteiger partial charge in [0.15, 0.2) is 0 Å². The zero-order valence-electron chi connectivity index (χ0n) is 12.2. The molecule has 0 fully saturated rings. The van der Waals surface area contributed by atoms with E-state index in [2.05, 4.69) is 39.0 Å². The third-order valence-electron chi connectivity index (χ3n) is 3.79. The minimum atomic E-state index is -0.824. The Bertz CT molecular complexity index is 565. The number of hydrogen-bond donors (Lipinski definition) is 1. The molecule has 0 saturated heterocycles. The van der Waals surface area contributed by atoms with Gasteiger partial charge in [0.2, 0.25) is 0 Å². The van der Waals surface area contributed by atoms with E-state index in [1.54, 1.807) is 0 Å². The van der Waals surface area contributed by atoms with E-state index in [9.17, 15) is 5.11 Å². The van der Waals surface area contributed by atoms with Crippen molar-refractivity contribution in [2.45, 2.75) is 39.7 Å². The molecule has 0 amide bonds. The molecule has 1 unspecified atom stereocenters. The summed E-state index contributed by atoms with van der Waals surface area (Å²) < 4.78 is 0. The topological polar surface area (TPSA) is 20.2 Å². The first kappa shape index (κ1) is 13.8. The molecule has 1 N–H and O–H groups in total. The van der Waals surface area contributed by atoms with Crippen LogP contribution in [-0.2, 0) is 12.0 Å². The molecule has 0 aromatic heterocycles. The van der Waals surface area contributed by atoms with Gasteiger partial charge in [0.1, 0.15) is 0 Å². The predicted octanol–water partition coefficient (Wildman–Crippen LogP) is 4.06. The first-order valence-corrected chi connectivity index (χ1v) is 6.74. The van der Waals surface area contributed by atoms with Crippen molar-refractivity contribution in [2.24, 2.45) is 0 Å². The fraction of sp³-hybridized carbons (Fsp3) is 0.333. The van der Waals surface area contributed by atoms with Crippen LogP contribution in [0.4, 0.5) is 0 Å². The van der Waals surface area contributed by atoms with Crippen LogP contribution in [0.3, 0.4) is 0 Å². The lowest BCUT2D eigenvalue weighted by Crippen LogP contribution is -2.24. The molecule has 1 nitrogen and oxygen atoms in total. The van der Waals surface area contributed by atoms with Crippen LogP contribution in [0.25, 0.3) is 0 Å². The van der Waals surface area contributed by atoms with Gasteiger partial charge in [-0.25, -0.2) is 0 Å². The number of aliphatic hydroxyl groups is 1. The van der Waals surface area contributed by atoms with Gasteiger partial charge in [-0.2, -0.15) is 0 Å². The molecular weight excluding hydrogens is 232 g/mol. The van der Waals surface area contributed by atoms with Crippen LogP contribution in [0, 0.1) is 20.8 Å². The molecule has 0 bridgehead atoms. The summed E-state index contributed by atoms with van der Waals surface area (Å²) >= 11 is 0. The minimum Gasteiger partial charge on any atom is -0.385 e. The van der Waals surface area contributed by atoms with Crippen LogP contribution in [0.15, 0.2) is 42.5 Å². The van der Waals surface area contributed by atoms with Gasteiger partial charge < -0.3 is 5.11 Å². The van der Waals surface area contributed by atoms with Crippen molar-refractivity contribution in [3.63, 3.8) is 0 Å². The van der Waals surface area contributed by atoms with Crippen molar-refractivity contribution in [2.75, 3.05) is 0 Å². The average Bonchev–Trinajstić information content (AvgIpc) is 2.34. The fourth-order valence-corrected chi connectivity index (χ4v) is 2.33. The zero-order chi connectivity index (χ0) is 14.0. The minimum absolute atomic E-state index is 0.636. The number of hydrogen-bond acceptors (Lipinski definition) is 1. The lowest BCUT2D eigenvalue weighted by atomic mass is 9.88. The van der Waals surface area contributed by atoms with Crippen molar-refractivity contribution in [3.8, 4) is 0 Å². The van der Waals surface area contributed by atoms with Gasteiger partial charge in [0.25, 0.3) is 0 Å². The Morgan fingerprint density at radius 3 is 2.11 bits per heavy atom. The summed E-state index contributed by atoms with van der Waals surface area (Å²) in [5.74, 6) is 0. The van der Waals surface area contributed by atoms with E-state index in [0.29, 0.717) is 6.42 Å². The molecule has 0 heterocycles. The van der Waals surface area contributed by atoms with Crippen LogP contribution < -0.4 is 0 Å². The molecule has 2 rings (SSSR count). The lowest BCUT2D eigenvalue weighted by Gasteiger charge is -2.24. The van der Waals surface area contributed by atoms with E-state index in [1.807, 2.05) is 31.2 Å². The fourth-order valence-electron chi connectivity index (χ4n) is 2.33. The number of aryl methyl sites for hydroxylation is 3. The summed E-state index contributed by atoms with van der Waals surface area (Å²) in [6.07, 6.45) is 0.636. The van der Waals surface area contributed by atoms with Gasteiger partial charge in [-0.1, -0.05) is 48.0 Å². The summed E-state index contributed by atoms with van der Waals surface area (Å²) in [4.78, 5) is 0. The summed E-state index contributed by atoms with van der Waals surface area (Å²) in [6.45, 7) is 8.16. The Balaban J connectivity index is 2.25. The van der Waals surface area contributed by atoms with Crippen molar-refractivity contribution >= 4 is 0 Å². The van der Waals surface area contributed by atoms with Crippen LogP contribution in [-0.4, -0.2) is 5.11 Å². The highest BCUT2D eigenvalue weighted by Crippen LogP contribution is 2.26. The van der Waals surface area contributed by atoms with E-state index in [4.69, 9.17) is 0 Å². The SMILES string of the molecule is Cc1ccc(C(C)(O)Cc2ccc(C)c(C)c2)cc1. The first-order chi connectivity index (χ1) is 8.88. The number of rotatable bonds is 3. The molecule has 2 aromatic carbocycles. The van der Waals surface area contributed by atoms with Gasteiger partial charge in [0, 0.05) is 6.42 Å². The molecule has 0 aliphatic carbocycles. The third-order valence-corrected chi connectivity index (χ3v) is 3.79. The van der Waals surface area contributed by atoms with Crippen molar-refractivity contribution < 1.29 is 5.11 Å². The molecule has 0 spiro atoms. The van der Waals surface area contributed by atoms with Crippen LogP contribution in [0.5, 0.6) is 0 Å². The van der Waals surface area contributed by atoms with E-state index < -0.39 is 5.60 Å².